The third-order valence-corrected chi connectivity index (χ3v) is 5.60. The van der Waals surface area contributed by atoms with Crippen LogP contribution in [0.5, 0.6) is 0 Å². The van der Waals surface area contributed by atoms with Crippen LogP contribution in [0.2, 0.25) is 0 Å². The molecule has 3 aromatic carbocycles. The number of hydrogen-bond acceptors (Lipinski definition) is 3. The standard InChI is InChI=1S/C25H20N4O2/c30-23-25(20-10-4-1-5-11-20,21-12-6-2-7-13-21)28(19-27-17-16-26-18-27)24(31)29(23)22-14-8-3-9-15-22/h1-18H,19H2. The number of nitrogens with zero attached hydrogens (tertiary/aromatic N) is 4. The van der Waals surface area contributed by atoms with Gasteiger partial charge in [-0.3, -0.25) is 9.69 Å². The van der Waals surface area contributed by atoms with Gasteiger partial charge >= 0.3 is 6.03 Å². The molecule has 1 aliphatic rings. The number of benzene rings is 3. The lowest BCUT2D eigenvalue weighted by atomic mass is 9.81. The topological polar surface area (TPSA) is 58.4 Å². The van der Waals surface area contributed by atoms with Gasteiger partial charge in [0.15, 0.2) is 5.54 Å². The van der Waals surface area contributed by atoms with Crippen molar-refractivity contribution in [2.24, 2.45) is 0 Å². The van der Waals surface area contributed by atoms with Gasteiger partial charge in [0.25, 0.3) is 5.91 Å². The van der Waals surface area contributed by atoms with Gasteiger partial charge in [-0.05, 0) is 23.3 Å². The Morgan fingerprint density at radius 1 is 0.742 bits per heavy atom. The van der Waals surface area contributed by atoms with Crippen molar-refractivity contribution in [3.8, 4) is 0 Å². The van der Waals surface area contributed by atoms with Crippen LogP contribution in [-0.4, -0.2) is 26.4 Å². The maximum Gasteiger partial charge on any atom is 0.334 e. The summed E-state index contributed by atoms with van der Waals surface area (Å²) in [6, 6.07) is 27.6. The Balaban J connectivity index is 1.78. The summed E-state index contributed by atoms with van der Waals surface area (Å²) in [5.41, 5.74) is 0.706. The van der Waals surface area contributed by atoms with E-state index in [1.165, 1.54) is 4.90 Å². The number of hydrogen-bond donors (Lipinski definition) is 0. The fraction of sp³-hybridized carbons (Fsp3) is 0.0800. The van der Waals surface area contributed by atoms with Crippen molar-refractivity contribution in [3.63, 3.8) is 0 Å². The van der Waals surface area contributed by atoms with Crippen molar-refractivity contribution in [1.29, 1.82) is 0 Å². The first kappa shape index (κ1) is 18.8. The van der Waals surface area contributed by atoms with Crippen LogP contribution in [0.15, 0.2) is 110 Å². The first-order valence-electron chi connectivity index (χ1n) is 10.0. The predicted molar refractivity (Wildman–Crippen MR) is 117 cm³/mol. The molecule has 152 valence electrons. The third-order valence-electron chi connectivity index (χ3n) is 5.60. The lowest BCUT2D eigenvalue weighted by Crippen LogP contribution is -2.48. The molecule has 0 radical (unpaired) electrons. The molecule has 0 unspecified atom stereocenters. The van der Waals surface area contributed by atoms with Crippen LogP contribution >= 0.6 is 0 Å². The molecular weight excluding hydrogens is 388 g/mol. The summed E-state index contributed by atoms with van der Waals surface area (Å²) in [6.45, 7) is 0.178. The molecule has 0 bridgehead atoms. The quantitative estimate of drug-likeness (QED) is 0.464. The average Bonchev–Trinajstić information content (AvgIpc) is 3.41. The fourth-order valence-electron chi connectivity index (χ4n) is 4.22. The molecule has 0 N–H and O–H groups in total. The lowest BCUT2D eigenvalue weighted by molar-refractivity contribution is -0.124. The van der Waals surface area contributed by atoms with Crippen LogP contribution in [0.3, 0.4) is 0 Å². The Bertz CT molecular complexity index is 1150. The van der Waals surface area contributed by atoms with Crippen molar-refractivity contribution in [2.45, 2.75) is 12.2 Å². The summed E-state index contributed by atoms with van der Waals surface area (Å²) in [4.78, 5) is 35.0. The van der Waals surface area contributed by atoms with Gasteiger partial charge in [0, 0.05) is 12.4 Å². The minimum Gasteiger partial charge on any atom is -0.319 e. The van der Waals surface area contributed by atoms with Gasteiger partial charge in [0.2, 0.25) is 0 Å². The molecule has 31 heavy (non-hydrogen) atoms. The molecule has 0 spiro atoms. The molecule has 0 aliphatic carbocycles. The summed E-state index contributed by atoms with van der Waals surface area (Å²) in [5.74, 6) is -0.304. The molecule has 2 heterocycles. The highest BCUT2D eigenvalue weighted by atomic mass is 16.2. The Morgan fingerprint density at radius 3 is 1.81 bits per heavy atom. The zero-order valence-electron chi connectivity index (χ0n) is 16.7. The highest BCUT2D eigenvalue weighted by molar-refractivity contribution is 6.24. The SMILES string of the molecule is O=C1N(c2ccccc2)C(=O)C(c2ccccc2)(c2ccccc2)N1Cn1ccnc1. The van der Waals surface area contributed by atoms with Crippen molar-refractivity contribution >= 4 is 17.6 Å². The summed E-state index contributed by atoms with van der Waals surface area (Å²) >= 11 is 0. The van der Waals surface area contributed by atoms with Gasteiger partial charge in [-0.15, -0.1) is 0 Å². The van der Waals surface area contributed by atoms with E-state index in [-0.39, 0.29) is 18.6 Å². The molecule has 1 fully saturated rings. The first-order chi connectivity index (χ1) is 15.2. The Morgan fingerprint density at radius 2 is 1.29 bits per heavy atom. The van der Waals surface area contributed by atoms with E-state index in [2.05, 4.69) is 4.98 Å². The van der Waals surface area contributed by atoms with Gasteiger partial charge in [-0.1, -0.05) is 78.9 Å². The van der Waals surface area contributed by atoms with E-state index >= 15 is 0 Å². The van der Waals surface area contributed by atoms with Gasteiger partial charge in [0.1, 0.15) is 6.67 Å². The second kappa shape index (κ2) is 7.57. The van der Waals surface area contributed by atoms with Crippen molar-refractivity contribution in [3.05, 3.63) is 121 Å². The molecule has 6 heteroatoms. The predicted octanol–water partition coefficient (Wildman–Crippen LogP) is 4.25. The molecule has 1 aromatic heterocycles. The number of anilines is 1. The van der Waals surface area contributed by atoms with E-state index in [0.717, 1.165) is 11.1 Å². The van der Waals surface area contributed by atoms with E-state index < -0.39 is 5.54 Å². The maximum atomic E-state index is 14.2. The largest absolute Gasteiger partial charge is 0.334 e. The molecule has 1 saturated heterocycles. The van der Waals surface area contributed by atoms with Crippen molar-refractivity contribution in [1.82, 2.24) is 14.5 Å². The second-order valence-electron chi connectivity index (χ2n) is 7.35. The van der Waals surface area contributed by atoms with Crippen LogP contribution in [0, 0.1) is 0 Å². The Hall–Kier alpha value is -4.19. The van der Waals surface area contributed by atoms with Crippen LogP contribution < -0.4 is 4.90 Å². The zero-order chi connectivity index (χ0) is 21.3. The number of urea groups is 1. The number of imidazole rings is 1. The molecule has 3 amide bonds. The molecule has 0 saturated carbocycles. The fourth-order valence-corrected chi connectivity index (χ4v) is 4.22. The maximum absolute atomic E-state index is 14.2. The molecule has 0 atom stereocenters. The van der Waals surface area contributed by atoms with Crippen LogP contribution in [-0.2, 0) is 17.0 Å². The van der Waals surface area contributed by atoms with E-state index in [1.54, 1.807) is 40.3 Å². The number of rotatable bonds is 5. The molecular formula is C25H20N4O2. The first-order valence-corrected chi connectivity index (χ1v) is 10.0. The number of imide groups is 1. The molecule has 4 aromatic rings. The van der Waals surface area contributed by atoms with E-state index in [0.29, 0.717) is 5.69 Å². The molecule has 1 aliphatic heterocycles. The number of carbonyl (C=O) groups is 2. The zero-order valence-corrected chi connectivity index (χ0v) is 16.7. The monoisotopic (exact) mass is 408 g/mol. The van der Waals surface area contributed by atoms with Gasteiger partial charge in [0.05, 0.1) is 12.0 Å². The number of amides is 3. The van der Waals surface area contributed by atoms with E-state index in [1.807, 2.05) is 78.9 Å². The highest BCUT2D eigenvalue weighted by Gasteiger charge is 2.60. The smallest absolute Gasteiger partial charge is 0.319 e. The van der Waals surface area contributed by atoms with Crippen molar-refractivity contribution < 1.29 is 9.59 Å². The minimum atomic E-state index is -1.31. The minimum absolute atomic E-state index is 0.178. The van der Waals surface area contributed by atoms with Crippen LogP contribution in [0.4, 0.5) is 10.5 Å². The number of carbonyl (C=O) groups excluding carboxylic acids is 2. The summed E-state index contributed by atoms with van der Waals surface area (Å²) < 4.78 is 1.79. The molecule has 5 rings (SSSR count). The normalized spacial score (nSPS) is 15.5. The lowest BCUT2D eigenvalue weighted by Gasteiger charge is -2.36. The van der Waals surface area contributed by atoms with Gasteiger partial charge in [-0.25, -0.2) is 14.7 Å². The van der Waals surface area contributed by atoms with Gasteiger partial charge < -0.3 is 4.57 Å². The molecule has 6 nitrogen and oxygen atoms in total. The second-order valence-corrected chi connectivity index (χ2v) is 7.35. The summed E-state index contributed by atoms with van der Waals surface area (Å²) in [6.07, 6.45) is 5.08. The third kappa shape index (κ3) is 2.92. The summed E-state index contributed by atoms with van der Waals surface area (Å²) in [7, 11) is 0. The van der Waals surface area contributed by atoms with Crippen molar-refractivity contribution in [2.75, 3.05) is 4.90 Å². The summed E-state index contributed by atoms with van der Waals surface area (Å²) in [5, 5.41) is 0. The van der Waals surface area contributed by atoms with Crippen LogP contribution in [0.1, 0.15) is 11.1 Å². The van der Waals surface area contributed by atoms with E-state index in [9.17, 15) is 9.59 Å². The highest BCUT2D eigenvalue weighted by Crippen LogP contribution is 2.45. The average molecular weight is 408 g/mol. The van der Waals surface area contributed by atoms with E-state index in [4.69, 9.17) is 0 Å². The van der Waals surface area contributed by atoms with Gasteiger partial charge in [-0.2, -0.15) is 0 Å². The Labute approximate surface area is 180 Å². The number of aromatic nitrogens is 2. The van der Waals surface area contributed by atoms with Crippen LogP contribution in [0.25, 0.3) is 0 Å². The number of para-hydroxylation sites is 1. The Kier molecular flexibility index (Phi) is 4.59.